The van der Waals surface area contributed by atoms with Crippen LogP contribution in [0.4, 0.5) is 4.39 Å². The number of esters is 1. The Bertz CT molecular complexity index is 514. The summed E-state index contributed by atoms with van der Waals surface area (Å²) in [6.07, 6.45) is -0.695. The molecule has 1 aromatic rings. The van der Waals surface area contributed by atoms with E-state index in [1.807, 2.05) is 0 Å². The summed E-state index contributed by atoms with van der Waals surface area (Å²) >= 11 is 5.84. The van der Waals surface area contributed by atoms with Crippen molar-refractivity contribution in [2.75, 3.05) is 6.61 Å². The molecule has 0 saturated carbocycles. The number of carbonyl (C=O) groups is 2. The van der Waals surface area contributed by atoms with Crippen LogP contribution >= 0.6 is 11.6 Å². The molecule has 0 N–H and O–H groups in total. The second-order valence-corrected chi connectivity index (χ2v) is 4.74. The molecule has 0 heterocycles. The van der Waals surface area contributed by atoms with Gasteiger partial charge in [0, 0.05) is 0 Å². The smallest absolute Gasteiger partial charge is 0.313 e. The number of hydrogen-bond donors (Lipinski definition) is 0. The van der Waals surface area contributed by atoms with Crippen molar-refractivity contribution in [3.63, 3.8) is 0 Å². The molecule has 6 heteroatoms. The van der Waals surface area contributed by atoms with Crippen LogP contribution in [-0.2, 0) is 9.53 Å². The van der Waals surface area contributed by atoms with E-state index in [0.717, 1.165) is 6.07 Å². The molecule has 0 aliphatic carbocycles. The van der Waals surface area contributed by atoms with Gasteiger partial charge in [-0.05, 0) is 32.9 Å². The molecule has 0 aliphatic rings. The van der Waals surface area contributed by atoms with Gasteiger partial charge in [-0.15, -0.1) is 0 Å². The summed E-state index contributed by atoms with van der Waals surface area (Å²) in [4.78, 5) is 23.1. The van der Waals surface area contributed by atoms with Crippen molar-refractivity contribution < 1.29 is 23.5 Å². The van der Waals surface area contributed by atoms with Crippen molar-refractivity contribution in [2.24, 2.45) is 0 Å². The van der Waals surface area contributed by atoms with Gasteiger partial charge in [0.15, 0.2) is 5.78 Å². The SMILES string of the molecule is CCOC(=O)CC(=O)c1cc(OC(C)C)c(Cl)cc1F. The van der Waals surface area contributed by atoms with Crippen LogP contribution in [0.1, 0.15) is 37.6 Å². The van der Waals surface area contributed by atoms with Crippen molar-refractivity contribution in [2.45, 2.75) is 33.3 Å². The highest BCUT2D eigenvalue weighted by molar-refractivity contribution is 6.32. The van der Waals surface area contributed by atoms with Crippen LogP contribution in [0.5, 0.6) is 5.75 Å². The lowest BCUT2D eigenvalue weighted by Crippen LogP contribution is -2.13. The molecule has 1 aromatic carbocycles. The van der Waals surface area contributed by atoms with Gasteiger partial charge in [-0.2, -0.15) is 0 Å². The van der Waals surface area contributed by atoms with E-state index in [1.54, 1.807) is 20.8 Å². The van der Waals surface area contributed by atoms with Crippen LogP contribution < -0.4 is 4.74 Å². The second-order valence-electron chi connectivity index (χ2n) is 4.33. The Balaban J connectivity index is 2.99. The molecule has 110 valence electrons. The van der Waals surface area contributed by atoms with E-state index in [0.29, 0.717) is 0 Å². The third-order valence-corrected chi connectivity index (χ3v) is 2.59. The molecule has 0 bridgehead atoms. The number of benzene rings is 1. The van der Waals surface area contributed by atoms with Crippen LogP contribution in [0.15, 0.2) is 12.1 Å². The molecule has 4 nitrogen and oxygen atoms in total. The average Bonchev–Trinajstić information content (AvgIpc) is 2.32. The maximum absolute atomic E-state index is 13.7. The highest BCUT2D eigenvalue weighted by Gasteiger charge is 2.19. The summed E-state index contributed by atoms with van der Waals surface area (Å²) in [5.41, 5.74) is -0.238. The fourth-order valence-corrected chi connectivity index (χ4v) is 1.72. The fraction of sp³-hybridized carbons (Fsp3) is 0.429. The summed E-state index contributed by atoms with van der Waals surface area (Å²) in [5, 5.41) is 0.0730. The van der Waals surface area contributed by atoms with Crippen molar-refractivity contribution >= 4 is 23.4 Å². The molecule has 0 fully saturated rings. The van der Waals surface area contributed by atoms with E-state index in [9.17, 15) is 14.0 Å². The van der Waals surface area contributed by atoms with Crippen molar-refractivity contribution in [1.82, 2.24) is 0 Å². The summed E-state index contributed by atoms with van der Waals surface area (Å²) in [5.74, 6) is -1.96. The number of carbonyl (C=O) groups excluding carboxylic acids is 2. The quantitative estimate of drug-likeness (QED) is 0.459. The standard InChI is InChI=1S/C14H16ClFO4/c1-4-19-14(18)7-12(17)9-5-13(20-8(2)3)10(15)6-11(9)16/h5-6,8H,4,7H2,1-3H3. The Morgan fingerprint density at radius 3 is 2.55 bits per heavy atom. The summed E-state index contributed by atoms with van der Waals surface area (Å²) < 4.78 is 23.8. The monoisotopic (exact) mass is 302 g/mol. The zero-order valence-corrected chi connectivity index (χ0v) is 12.3. The third kappa shape index (κ3) is 4.49. The molecule has 1 rings (SSSR count). The van der Waals surface area contributed by atoms with Crippen molar-refractivity contribution in [1.29, 1.82) is 0 Å². The normalized spacial score (nSPS) is 10.5. The predicted octanol–water partition coefficient (Wildman–Crippen LogP) is 3.40. The zero-order chi connectivity index (χ0) is 15.3. The molecule has 0 unspecified atom stereocenters. The Labute approximate surface area is 121 Å². The summed E-state index contributed by atoms with van der Waals surface area (Å²) in [7, 11) is 0. The van der Waals surface area contributed by atoms with Gasteiger partial charge in [0.1, 0.15) is 18.0 Å². The summed E-state index contributed by atoms with van der Waals surface area (Å²) in [6.45, 7) is 5.34. The third-order valence-electron chi connectivity index (χ3n) is 2.29. The van der Waals surface area contributed by atoms with E-state index in [4.69, 9.17) is 16.3 Å². The number of hydrogen-bond acceptors (Lipinski definition) is 4. The Morgan fingerprint density at radius 2 is 2.00 bits per heavy atom. The highest BCUT2D eigenvalue weighted by Crippen LogP contribution is 2.29. The van der Waals surface area contributed by atoms with Gasteiger partial charge < -0.3 is 9.47 Å². The van der Waals surface area contributed by atoms with Gasteiger partial charge in [-0.3, -0.25) is 9.59 Å². The lowest BCUT2D eigenvalue weighted by Gasteiger charge is -2.13. The van der Waals surface area contributed by atoms with E-state index in [-0.39, 0.29) is 29.0 Å². The number of Topliss-reactive ketones (excluding diaryl/α,β-unsaturated/α-hetero) is 1. The van der Waals surface area contributed by atoms with Crippen molar-refractivity contribution in [3.05, 3.63) is 28.5 Å². The minimum absolute atomic E-state index is 0.0730. The number of ether oxygens (including phenoxy) is 2. The predicted molar refractivity (Wildman–Crippen MR) is 72.8 cm³/mol. The minimum atomic E-state index is -0.791. The van der Waals surface area contributed by atoms with Gasteiger partial charge in [0.05, 0.1) is 23.3 Å². The first-order valence-corrected chi connectivity index (χ1v) is 6.57. The maximum atomic E-state index is 13.7. The largest absolute Gasteiger partial charge is 0.489 e. The number of halogens is 2. The molecular formula is C14H16ClFO4. The number of ketones is 1. The Hall–Kier alpha value is -1.62. The molecule has 0 aromatic heterocycles. The molecule has 0 atom stereocenters. The van der Waals surface area contributed by atoms with E-state index in [1.165, 1.54) is 6.07 Å². The molecule has 0 aliphatic heterocycles. The minimum Gasteiger partial charge on any atom is -0.489 e. The van der Waals surface area contributed by atoms with Crippen LogP contribution in [0.2, 0.25) is 5.02 Å². The molecule has 0 spiro atoms. The lowest BCUT2D eigenvalue weighted by atomic mass is 10.1. The Morgan fingerprint density at radius 1 is 1.35 bits per heavy atom. The van der Waals surface area contributed by atoms with Gasteiger partial charge in [0.2, 0.25) is 0 Å². The first kappa shape index (κ1) is 16.4. The van der Waals surface area contributed by atoms with Crippen molar-refractivity contribution in [3.8, 4) is 5.75 Å². The Kier molecular flexibility index (Phi) is 5.95. The topological polar surface area (TPSA) is 52.6 Å². The maximum Gasteiger partial charge on any atom is 0.313 e. The molecule has 0 saturated heterocycles. The van der Waals surface area contributed by atoms with Gasteiger partial charge in [0.25, 0.3) is 0 Å². The first-order chi connectivity index (χ1) is 9.35. The average molecular weight is 303 g/mol. The van der Waals surface area contributed by atoms with Gasteiger partial charge in [-0.1, -0.05) is 11.6 Å². The fourth-order valence-electron chi connectivity index (χ4n) is 1.53. The van der Waals surface area contributed by atoms with Gasteiger partial charge >= 0.3 is 5.97 Å². The lowest BCUT2D eigenvalue weighted by molar-refractivity contribution is -0.141. The second kappa shape index (κ2) is 7.24. The van der Waals surface area contributed by atoms with Gasteiger partial charge in [-0.25, -0.2) is 4.39 Å². The number of rotatable bonds is 6. The highest BCUT2D eigenvalue weighted by atomic mass is 35.5. The van der Waals surface area contributed by atoms with Crippen LogP contribution in [0.3, 0.4) is 0 Å². The molecule has 0 amide bonds. The van der Waals surface area contributed by atoms with E-state index in [2.05, 4.69) is 4.74 Å². The van der Waals surface area contributed by atoms with Crippen LogP contribution in [0.25, 0.3) is 0 Å². The molecule has 20 heavy (non-hydrogen) atoms. The van der Waals surface area contributed by atoms with Crippen LogP contribution in [0, 0.1) is 5.82 Å². The summed E-state index contributed by atoms with van der Waals surface area (Å²) in [6, 6.07) is 2.21. The zero-order valence-electron chi connectivity index (χ0n) is 11.5. The first-order valence-electron chi connectivity index (χ1n) is 6.19. The molecule has 0 radical (unpaired) electrons. The molecular weight excluding hydrogens is 287 g/mol. The van der Waals surface area contributed by atoms with Crippen LogP contribution in [-0.4, -0.2) is 24.5 Å². The van der Waals surface area contributed by atoms with E-state index < -0.39 is 24.0 Å². The van der Waals surface area contributed by atoms with E-state index >= 15 is 0 Å².